The first-order valence-corrected chi connectivity index (χ1v) is 8.21. The third-order valence-corrected chi connectivity index (χ3v) is 5.01. The molecule has 7 heteroatoms. The van der Waals surface area contributed by atoms with E-state index in [9.17, 15) is 23.1 Å². The Bertz CT molecular complexity index is 623. The van der Waals surface area contributed by atoms with E-state index in [1.165, 1.54) is 16.0 Å². The van der Waals surface area contributed by atoms with Gasteiger partial charge in [0.05, 0.1) is 0 Å². The summed E-state index contributed by atoms with van der Waals surface area (Å²) in [5, 5.41) is 12.4. The molecule has 1 aromatic carbocycles. The molecule has 2 amide bonds. The van der Waals surface area contributed by atoms with Crippen molar-refractivity contribution < 1.29 is 23.1 Å². The highest BCUT2D eigenvalue weighted by atomic mass is 19.4. The van der Waals surface area contributed by atoms with Crippen LogP contribution in [0.5, 0.6) is 0 Å². The fourth-order valence-corrected chi connectivity index (χ4v) is 3.39. The summed E-state index contributed by atoms with van der Waals surface area (Å²) in [7, 11) is 0. The first kappa shape index (κ1) is 17.1. The van der Waals surface area contributed by atoms with Crippen LogP contribution in [0.4, 0.5) is 18.0 Å². The minimum Gasteiger partial charge on any atom is -0.380 e. The van der Waals surface area contributed by atoms with E-state index in [0.717, 1.165) is 24.8 Å². The Labute approximate surface area is 138 Å². The highest BCUT2D eigenvalue weighted by Crippen LogP contribution is 2.38. The van der Waals surface area contributed by atoms with Gasteiger partial charge in [0.15, 0.2) is 5.60 Å². The number of fused-ring (bicyclic) bond motifs is 1. The van der Waals surface area contributed by atoms with E-state index >= 15 is 0 Å². The van der Waals surface area contributed by atoms with E-state index < -0.39 is 24.6 Å². The molecule has 2 aliphatic rings. The molecule has 0 radical (unpaired) electrons. The molecule has 2 N–H and O–H groups in total. The van der Waals surface area contributed by atoms with Crippen LogP contribution in [0, 0.1) is 0 Å². The van der Waals surface area contributed by atoms with Crippen LogP contribution in [0.1, 0.15) is 36.0 Å². The van der Waals surface area contributed by atoms with Crippen LogP contribution in [0.15, 0.2) is 18.2 Å². The molecule has 24 heavy (non-hydrogen) atoms. The lowest BCUT2D eigenvalue weighted by atomic mass is 9.91. The maximum absolute atomic E-state index is 12.8. The number of urea groups is 1. The van der Waals surface area contributed by atoms with Gasteiger partial charge in [-0.25, -0.2) is 4.79 Å². The van der Waals surface area contributed by atoms with Gasteiger partial charge in [-0.05, 0) is 36.0 Å². The fraction of sp³-hybridized carbons (Fsp3) is 0.588. The smallest absolute Gasteiger partial charge is 0.380 e. The van der Waals surface area contributed by atoms with Gasteiger partial charge in [-0.2, -0.15) is 13.2 Å². The number of hydrogen-bond donors (Lipinski definition) is 2. The SMILES string of the molecule is O=C(NCc1ccc2c(c1)CCC2)N1CCC(O)(C(F)(F)F)CC1. The van der Waals surface area contributed by atoms with Crippen molar-refractivity contribution in [3.05, 3.63) is 34.9 Å². The Morgan fingerprint density at radius 3 is 2.54 bits per heavy atom. The van der Waals surface area contributed by atoms with E-state index in [1.807, 2.05) is 6.07 Å². The molecule has 0 saturated carbocycles. The zero-order chi connectivity index (χ0) is 17.4. The quantitative estimate of drug-likeness (QED) is 0.868. The molecule has 0 spiro atoms. The predicted octanol–water partition coefficient (Wildman–Crippen LogP) is 2.77. The first-order chi connectivity index (χ1) is 11.3. The molecule has 0 aromatic heterocycles. The Morgan fingerprint density at radius 2 is 1.88 bits per heavy atom. The predicted molar refractivity (Wildman–Crippen MR) is 82.5 cm³/mol. The summed E-state index contributed by atoms with van der Waals surface area (Å²) in [5.74, 6) is 0. The number of alkyl halides is 3. The summed E-state index contributed by atoms with van der Waals surface area (Å²) in [4.78, 5) is 13.4. The first-order valence-electron chi connectivity index (χ1n) is 8.21. The Morgan fingerprint density at radius 1 is 1.21 bits per heavy atom. The van der Waals surface area contributed by atoms with E-state index in [-0.39, 0.29) is 19.1 Å². The lowest BCUT2D eigenvalue weighted by Crippen LogP contribution is -2.55. The number of nitrogens with one attached hydrogen (secondary N) is 1. The minimum absolute atomic E-state index is 0.105. The number of benzene rings is 1. The monoisotopic (exact) mass is 342 g/mol. The molecular weight excluding hydrogens is 321 g/mol. The van der Waals surface area contributed by atoms with E-state index in [2.05, 4.69) is 17.4 Å². The molecule has 0 bridgehead atoms. The van der Waals surface area contributed by atoms with Gasteiger partial charge in [0.1, 0.15) is 0 Å². The highest BCUT2D eigenvalue weighted by Gasteiger charge is 2.54. The summed E-state index contributed by atoms with van der Waals surface area (Å²) >= 11 is 0. The molecule has 4 nitrogen and oxygen atoms in total. The second-order valence-corrected chi connectivity index (χ2v) is 6.63. The van der Waals surface area contributed by atoms with Crippen LogP contribution < -0.4 is 5.32 Å². The van der Waals surface area contributed by atoms with Crippen molar-refractivity contribution in [3.8, 4) is 0 Å². The van der Waals surface area contributed by atoms with Gasteiger partial charge in [-0.3, -0.25) is 0 Å². The van der Waals surface area contributed by atoms with Crippen molar-refractivity contribution in [3.63, 3.8) is 0 Å². The number of carbonyl (C=O) groups is 1. The standard InChI is InChI=1S/C17H21F3N2O2/c18-17(19,20)16(24)6-8-22(9-7-16)15(23)21-11-12-4-5-13-2-1-3-14(13)10-12/h4-5,10,24H,1-3,6-9,11H2,(H,21,23). The maximum Gasteiger partial charge on any atom is 0.417 e. The number of aliphatic hydroxyl groups is 1. The van der Waals surface area contributed by atoms with Gasteiger partial charge in [-0.1, -0.05) is 18.2 Å². The molecule has 132 valence electrons. The Balaban J connectivity index is 1.51. The average Bonchev–Trinajstić information content (AvgIpc) is 3.00. The average molecular weight is 342 g/mol. The second kappa shape index (κ2) is 6.27. The van der Waals surface area contributed by atoms with E-state index in [1.54, 1.807) is 0 Å². The van der Waals surface area contributed by atoms with Gasteiger partial charge in [0.25, 0.3) is 0 Å². The zero-order valence-corrected chi connectivity index (χ0v) is 13.3. The topological polar surface area (TPSA) is 52.6 Å². The van der Waals surface area contributed by atoms with E-state index in [0.29, 0.717) is 6.54 Å². The summed E-state index contributed by atoms with van der Waals surface area (Å²) in [6.07, 6.45) is -2.32. The van der Waals surface area contributed by atoms with Crippen LogP contribution in [0.25, 0.3) is 0 Å². The fourth-order valence-electron chi connectivity index (χ4n) is 3.39. The van der Waals surface area contributed by atoms with Crippen molar-refractivity contribution in [2.45, 2.75) is 50.4 Å². The summed E-state index contributed by atoms with van der Waals surface area (Å²) in [6, 6.07) is 5.75. The normalized spacial score (nSPS) is 19.9. The molecule has 1 saturated heterocycles. The van der Waals surface area contributed by atoms with Crippen molar-refractivity contribution in [1.29, 1.82) is 0 Å². The van der Waals surface area contributed by atoms with Crippen LogP contribution in [-0.4, -0.2) is 40.9 Å². The number of carbonyl (C=O) groups excluding carboxylic acids is 1. The van der Waals surface area contributed by atoms with Gasteiger partial charge in [0, 0.05) is 32.5 Å². The lowest BCUT2D eigenvalue weighted by Gasteiger charge is -2.39. The Kier molecular flexibility index (Phi) is 4.46. The summed E-state index contributed by atoms with van der Waals surface area (Å²) in [6.45, 7) is 0.143. The number of rotatable bonds is 2. The summed E-state index contributed by atoms with van der Waals surface area (Å²) < 4.78 is 38.3. The molecule has 1 aromatic rings. The summed E-state index contributed by atoms with van der Waals surface area (Å²) in [5.41, 5.74) is 0.986. The number of halogens is 3. The van der Waals surface area contributed by atoms with Crippen molar-refractivity contribution in [2.24, 2.45) is 0 Å². The lowest BCUT2D eigenvalue weighted by molar-refractivity contribution is -0.271. The largest absolute Gasteiger partial charge is 0.417 e. The van der Waals surface area contributed by atoms with Crippen molar-refractivity contribution >= 4 is 6.03 Å². The van der Waals surface area contributed by atoms with Crippen LogP contribution in [0.2, 0.25) is 0 Å². The number of nitrogens with zero attached hydrogens (tertiary/aromatic N) is 1. The number of aryl methyl sites for hydroxylation is 2. The molecule has 3 rings (SSSR count). The zero-order valence-electron chi connectivity index (χ0n) is 13.3. The number of amides is 2. The molecule has 1 aliphatic heterocycles. The molecule has 0 unspecified atom stereocenters. The van der Waals surface area contributed by atoms with Crippen molar-refractivity contribution in [2.75, 3.05) is 13.1 Å². The second-order valence-electron chi connectivity index (χ2n) is 6.63. The van der Waals surface area contributed by atoms with Crippen LogP contribution in [0.3, 0.4) is 0 Å². The minimum atomic E-state index is -4.65. The van der Waals surface area contributed by atoms with Crippen LogP contribution in [-0.2, 0) is 19.4 Å². The highest BCUT2D eigenvalue weighted by molar-refractivity contribution is 5.74. The number of likely N-dealkylation sites (tertiary alicyclic amines) is 1. The van der Waals surface area contributed by atoms with Gasteiger partial charge in [-0.15, -0.1) is 0 Å². The maximum atomic E-state index is 12.8. The van der Waals surface area contributed by atoms with Gasteiger partial charge >= 0.3 is 12.2 Å². The molecule has 1 fully saturated rings. The Hall–Kier alpha value is -1.76. The molecule has 1 aliphatic carbocycles. The van der Waals surface area contributed by atoms with Gasteiger partial charge in [0.2, 0.25) is 0 Å². The third-order valence-electron chi connectivity index (χ3n) is 5.01. The van der Waals surface area contributed by atoms with Crippen LogP contribution >= 0.6 is 0 Å². The number of piperidine rings is 1. The van der Waals surface area contributed by atoms with Crippen molar-refractivity contribution in [1.82, 2.24) is 10.2 Å². The molecule has 1 heterocycles. The number of hydrogen-bond acceptors (Lipinski definition) is 2. The van der Waals surface area contributed by atoms with Gasteiger partial charge < -0.3 is 15.3 Å². The molecule has 0 atom stereocenters. The van der Waals surface area contributed by atoms with E-state index in [4.69, 9.17) is 0 Å². The third kappa shape index (κ3) is 3.36. The molecular formula is C17H21F3N2O2.